The fourth-order valence-electron chi connectivity index (χ4n) is 6.08. The van der Waals surface area contributed by atoms with Gasteiger partial charge in [0.05, 0.1) is 60.6 Å². The molecule has 2 aromatic heterocycles. The Labute approximate surface area is 261 Å². The summed E-state index contributed by atoms with van der Waals surface area (Å²) >= 11 is 0. The van der Waals surface area contributed by atoms with Gasteiger partial charge in [-0.1, -0.05) is 0 Å². The Morgan fingerprint density at radius 2 is 0.745 bits per heavy atom. The highest BCUT2D eigenvalue weighted by Gasteiger charge is 2.22. The van der Waals surface area contributed by atoms with Crippen LogP contribution in [0.5, 0.6) is 0 Å². The third-order valence-corrected chi connectivity index (χ3v) is 8.13. The van der Waals surface area contributed by atoms with E-state index in [4.69, 9.17) is 0 Å². The molecule has 0 spiro atoms. The normalized spacial score (nSPS) is 11.4. The highest BCUT2D eigenvalue weighted by molar-refractivity contribution is 6.14. The molecule has 13 nitrogen and oxygen atoms in total. The molecule has 230 valence electrons. The Morgan fingerprint density at radius 3 is 0.979 bits per heavy atom. The quantitative estimate of drug-likeness (QED) is 0.110. The third kappa shape index (κ3) is 4.49. The number of aromatic carboxylic acids is 4. The van der Waals surface area contributed by atoms with Crippen molar-refractivity contribution in [3.8, 4) is 11.4 Å². The molecule has 0 fully saturated rings. The third-order valence-electron chi connectivity index (χ3n) is 8.13. The first-order chi connectivity index (χ1) is 22.4. The molecule has 0 unspecified atom stereocenters. The average molecular weight is 630 g/mol. The number of nitro benzene ring substituents is 1. The van der Waals surface area contributed by atoms with E-state index in [1.807, 2.05) is 0 Å². The Morgan fingerprint density at radius 1 is 0.468 bits per heavy atom. The number of rotatable bonds is 7. The van der Waals surface area contributed by atoms with E-state index in [2.05, 4.69) is 0 Å². The predicted molar refractivity (Wildman–Crippen MR) is 170 cm³/mol. The van der Waals surface area contributed by atoms with Crippen LogP contribution in [0.1, 0.15) is 41.4 Å². The van der Waals surface area contributed by atoms with Crippen LogP contribution >= 0.6 is 0 Å². The molecule has 0 saturated heterocycles. The molecule has 7 aromatic rings. The minimum atomic E-state index is -1.19. The van der Waals surface area contributed by atoms with Crippen molar-refractivity contribution in [1.82, 2.24) is 9.13 Å². The van der Waals surface area contributed by atoms with E-state index in [1.54, 1.807) is 39.5 Å². The summed E-state index contributed by atoms with van der Waals surface area (Å²) in [5.41, 5.74) is 1.95. The molecule has 2 heterocycles. The fourth-order valence-corrected chi connectivity index (χ4v) is 6.08. The number of aromatic nitrogens is 2. The monoisotopic (exact) mass is 629 g/mol. The molecule has 5 aromatic carbocycles. The molecule has 0 saturated carbocycles. The predicted octanol–water partition coefficient (Wildman–Crippen LogP) is 6.58. The van der Waals surface area contributed by atoms with E-state index in [9.17, 15) is 49.7 Å². The number of nitrogens with zero attached hydrogens (tertiary/aromatic N) is 3. The first-order valence-corrected chi connectivity index (χ1v) is 13.8. The Balaban J connectivity index is 1.58. The molecule has 0 bridgehead atoms. The van der Waals surface area contributed by atoms with Crippen LogP contribution < -0.4 is 0 Å². The number of benzene rings is 5. The highest BCUT2D eigenvalue weighted by atomic mass is 16.6. The summed E-state index contributed by atoms with van der Waals surface area (Å²) in [5, 5.41) is 52.5. The number of hydrogen-bond acceptors (Lipinski definition) is 6. The van der Waals surface area contributed by atoms with E-state index in [0.29, 0.717) is 55.0 Å². The number of hydrogen-bond donors (Lipinski definition) is 4. The standard InChI is InChI=1S/C34H19N3O10/c38-31(39)16-1-5-27-23(9-16)24-10-17(32(40)41)2-6-28(24)35(27)20-13-21(15-22(14-20)37(46)47)36-29-7-3-18(33(42)43)11-25(29)26-12-19(34(44)45)4-8-30(26)36/h1-15H,(H,38,39)(H,40,41)(H,42,43)(H,44,45). The Hall–Kier alpha value is -7.02. The summed E-state index contributed by atoms with van der Waals surface area (Å²) in [7, 11) is 0. The van der Waals surface area contributed by atoms with Gasteiger partial charge in [0, 0.05) is 33.7 Å². The molecule has 13 heteroatoms. The topological polar surface area (TPSA) is 202 Å². The van der Waals surface area contributed by atoms with Crippen molar-refractivity contribution in [3.05, 3.63) is 123 Å². The summed E-state index contributed by atoms with van der Waals surface area (Å²) in [5.74, 6) is -4.77. The van der Waals surface area contributed by atoms with Crippen LogP contribution in [0.3, 0.4) is 0 Å². The lowest BCUT2D eigenvalue weighted by Crippen LogP contribution is -2.02. The second-order valence-corrected chi connectivity index (χ2v) is 10.8. The van der Waals surface area contributed by atoms with Gasteiger partial charge in [-0.05, 0) is 78.9 Å². The van der Waals surface area contributed by atoms with Crippen molar-refractivity contribution in [1.29, 1.82) is 0 Å². The van der Waals surface area contributed by atoms with Gasteiger partial charge >= 0.3 is 23.9 Å². The molecule has 0 radical (unpaired) electrons. The van der Waals surface area contributed by atoms with E-state index in [-0.39, 0.29) is 27.9 Å². The van der Waals surface area contributed by atoms with Gasteiger partial charge in [0.1, 0.15) is 0 Å². The number of fused-ring (bicyclic) bond motifs is 6. The number of carbonyl (C=O) groups is 4. The molecular weight excluding hydrogens is 610 g/mol. The van der Waals surface area contributed by atoms with Crippen LogP contribution in [0, 0.1) is 10.1 Å². The van der Waals surface area contributed by atoms with Crippen molar-refractivity contribution < 1.29 is 44.5 Å². The largest absolute Gasteiger partial charge is 0.478 e. The van der Waals surface area contributed by atoms with Crippen LogP contribution in [0.15, 0.2) is 91.0 Å². The van der Waals surface area contributed by atoms with Crippen LogP contribution in [0.4, 0.5) is 5.69 Å². The molecule has 4 N–H and O–H groups in total. The summed E-state index contributed by atoms with van der Waals surface area (Å²) in [6.45, 7) is 0. The molecule has 7 rings (SSSR count). The van der Waals surface area contributed by atoms with E-state index in [1.165, 1.54) is 60.7 Å². The summed E-state index contributed by atoms with van der Waals surface area (Å²) < 4.78 is 3.33. The van der Waals surface area contributed by atoms with Gasteiger partial charge in [0.2, 0.25) is 0 Å². The maximum atomic E-state index is 12.3. The zero-order valence-corrected chi connectivity index (χ0v) is 23.7. The smallest absolute Gasteiger partial charge is 0.335 e. The van der Waals surface area contributed by atoms with Gasteiger partial charge in [-0.3, -0.25) is 10.1 Å². The fraction of sp³-hybridized carbons (Fsp3) is 0. The van der Waals surface area contributed by atoms with Gasteiger partial charge in [-0.25, -0.2) is 19.2 Å². The molecule has 0 aliphatic carbocycles. The Kier molecular flexibility index (Phi) is 6.28. The molecule has 0 aliphatic rings. The van der Waals surface area contributed by atoms with E-state index >= 15 is 0 Å². The Bertz CT molecular complexity index is 2270. The van der Waals surface area contributed by atoms with Crippen LogP contribution in [-0.2, 0) is 0 Å². The summed E-state index contributed by atoms with van der Waals surface area (Å²) in [4.78, 5) is 59.0. The molecule has 47 heavy (non-hydrogen) atoms. The lowest BCUT2D eigenvalue weighted by atomic mass is 10.1. The number of nitro groups is 1. The minimum absolute atomic E-state index is 0.0382. The van der Waals surface area contributed by atoms with Crippen molar-refractivity contribution in [2.45, 2.75) is 0 Å². The van der Waals surface area contributed by atoms with Crippen molar-refractivity contribution in [2.24, 2.45) is 0 Å². The second-order valence-electron chi connectivity index (χ2n) is 10.8. The second kappa shape index (κ2) is 10.3. The molecular formula is C34H19N3O10. The lowest BCUT2D eigenvalue weighted by molar-refractivity contribution is -0.384. The zero-order valence-electron chi connectivity index (χ0n) is 23.7. The maximum Gasteiger partial charge on any atom is 0.335 e. The van der Waals surface area contributed by atoms with Gasteiger partial charge in [-0.2, -0.15) is 0 Å². The summed E-state index contributed by atoms with van der Waals surface area (Å²) in [6.07, 6.45) is 0. The SMILES string of the molecule is O=C(O)c1ccc2c(c1)c1cc(C(=O)O)ccc1n2-c1cc(-n2c3ccc(C(=O)O)cc3c3cc(C(=O)O)ccc32)cc([N+](=O)[O-])c1. The molecule has 0 aliphatic heterocycles. The van der Waals surface area contributed by atoms with Crippen LogP contribution in [0.2, 0.25) is 0 Å². The van der Waals surface area contributed by atoms with Crippen molar-refractivity contribution in [2.75, 3.05) is 0 Å². The zero-order chi connectivity index (χ0) is 33.3. The maximum absolute atomic E-state index is 12.3. The van der Waals surface area contributed by atoms with Gasteiger partial charge in [-0.15, -0.1) is 0 Å². The van der Waals surface area contributed by atoms with Crippen molar-refractivity contribution in [3.63, 3.8) is 0 Å². The first kappa shape index (κ1) is 28.7. The van der Waals surface area contributed by atoms with E-state index in [0.717, 1.165) is 0 Å². The van der Waals surface area contributed by atoms with E-state index < -0.39 is 28.8 Å². The number of non-ortho nitro benzene ring substituents is 1. The molecule has 0 amide bonds. The number of carboxylic acid groups (broad SMARTS) is 4. The van der Waals surface area contributed by atoms with Crippen LogP contribution in [-0.4, -0.2) is 58.4 Å². The number of carboxylic acids is 4. The minimum Gasteiger partial charge on any atom is -0.478 e. The van der Waals surface area contributed by atoms with Gasteiger partial charge in [0.15, 0.2) is 0 Å². The lowest BCUT2D eigenvalue weighted by Gasteiger charge is -2.13. The van der Waals surface area contributed by atoms with Gasteiger partial charge in [0.25, 0.3) is 5.69 Å². The summed E-state index contributed by atoms with van der Waals surface area (Å²) in [6, 6.07) is 21.6. The first-order valence-electron chi connectivity index (χ1n) is 13.8. The highest BCUT2D eigenvalue weighted by Crippen LogP contribution is 2.38. The molecule has 0 atom stereocenters. The van der Waals surface area contributed by atoms with Gasteiger partial charge < -0.3 is 29.6 Å². The van der Waals surface area contributed by atoms with Crippen LogP contribution in [0.25, 0.3) is 55.0 Å². The van der Waals surface area contributed by atoms with Crippen molar-refractivity contribution >= 4 is 73.2 Å². The average Bonchev–Trinajstić information content (AvgIpc) is 3.55.